The third kappa shape index (κ3) is 3.24. The predicted molar refractivity (Wildman–Crippen MR) is 69.6 cm³/mol. The van der Waals surface area contributed by atoms with Gasteiger partial charge in [0, 0.05) is 12.5 Å². The molecule has 17 heavy (non-hydrogen) atoms. The quantitative estimate of drug-likeness (QED) is 0.870. The number of likely N-dealkylation sites (N-methyl/N-ethyl adjacent to an activating group) is 1. The molecule has 0 spiro atoms. The van der Waals surface area contributed by atoms with Gasteiger partial charge in [0.15, 0.2) is 11.5 Å². The van der Waals surface area contributed by atoms with Crippen LogP contribution in [0.1, 0.15) is 18.9 Å². The summed E-state index contributed by atoms with van der Waals surface area (Å²) in [6.45, 7) is 3.58. The van der Waals surface area contributed by atoms with E-state index in [0.717, 1.165) is 36.7 Å². The minimum absolute atomic E-state index is 0.367. The number of ether oxygens (including phenoxy) is 2. The van der Waals surface area contributed by atoms with Crippen molar-refractivity contribution in [2.45, 2.75) is 19.4 Å². The maximum atomic E-state index is 5.65. The molecule has 0 aliphatic carbocycles. The van der Waals surface area contributed by atoms with E-state index in [1.807, 2.05) is 25.2 Å². The van der Waals surface area contributed by atoms with Crippen molar-refractivity contribution in [1.82, 2.24) is 5.32 Å². The van der Waals surface area contributed by atoms with E-state index < -0.39 is 0 Å². The molecule has 1 heterocycles. The third-order valence-electron chi connectivity index (χ3n) is 2.80. The molecule has 1 unspecified atom stereocenters. The molecule has 0 bridgehead atoms. The van der Waals surface area contributed by atoms with Crippen molar-refractivity contribution in [3.05, 3.63) is 29.8 Å². The highest BCUT2D eigenvalue weighted by atomic mass is 16.5. The van der Waals surface area contributed by atoms with E-state index in [-0.39, 0.29) is 0 Å². The average molecular weight is 233 g/mol. The van der Waals surface area contributed by atoms with Gasteiger partial charge in [0.05, 0.1) is 13.2 Å². The average Bonchev–Trinajstić information content (AvgIpc) is 2.60. The number of rotatable bonds is 3. The van der Waals surface area contributed by atoms with Gasteiger partial charge in [-0.1, -0.05) is 18.2 Å². The maximum Gasteiger partial charge on any atom is 0.161 e. The Hall–Kier alpha value is -1.48. The minimum atomic E-state index is 0.367. The monoisotopic (exact) mass is 233 g/mol. The summed E-state index contributed by atoms with van der Waals surface area (Å²) >= 11 is 0. The van der Waals surface area contributed by atoms with Crippen LogP contribution >= 0.6 is 0 Å². The second kappa shape index (κ2) is 5.73. The molecule has 1 N–H and O–H groups in total. The first-order chi connectivity index (χ1) is 8.29. The van der Waals surface area contributed by atoms with Crippen molar-refractivity contribution in [2.75, 3.05) is 20.3 Å². The summed E-state index contributed by atoms with van der Waals surface area (Å²) in [4.78, 5) is 0. The molecule has 1 aliphatic heterocycles. The molecule has 1 aliphatic rings. The summed E-state index contributed by atoms with van der Waals surface area (Å²) in [5.41, 5.74) is 1.14. The fraction of sp³-hybridized carbons (Fsp3) is 0.429. The SMILES string of the molecule is CNC(C)/C=C/c1ccc2c(c1)OCCCO2. The van der Waals surface area contributed by atoms with E-state index in [9.17, 15) is 0 Å². The van der Waals surface area contributed by atoms with E-state index in [1.54, 1.807) is 0 Å². The molecule has 0 radical (unpaired) electrons. The summed E-state index contributed by atoms with van der Waals surface area (Å²) in [5.74, 6) is 1.70. The minimum Gasteiger partial charge on any atom is -0.490 e. The van der Waals surface area contributed by atoms with Crippen molar-refractivity contribution >= 4 is 6.08 Å². The second-order valence-electron chi connectivity index (χ2n) is 4.19. The number of hydrogen-bond acceptors (Lipinski definition) is 3. The van der Waals surface area contributed by atoms with Gasteiger partial charge in [-0.25, -0.2) is 0 Å². The highest BCUT2D eigenvalue weighted by Crippen LogP contribution is 2.30. The van der Waals surface area contributed by atoms with Gasteiger partial charge in [0.1, 0.15) is 0 Å². The maximum absolute atomic E-state index is 5.65. The first-order valence-electron chi connectivity index (χ1n) is 6.04. The van der Waals surface area contributed by atoms with Gasteiger partial charge < -0.3 is 14.8 Å². The van der Waals surface area contributed by atoms with Crippen LogP contribution in [0, 0.1) is 0 Å². The topological polar surface area (TPSA) is 30.5 Å². The molecule has 1 atom stereocenters. The standard InChI is InChI=1S/C14H19NO2/c1-11(15-2)4-5-12-6-7-13-14(10-12)17-9-3-8-16-13/h4-7,10-11,15H,3,8-9H2,1-2H3/b5-4+. The van der Waals surface area contributed by atoms with Gasteiger partial charge in [-0.15, -0.1) is 0 Å². The fourth-order valence-electron chi connectivity index (χ4n) is 1.64. The summed E-state index contributed by atoms with van der Waals surface area (Å²) in [6, 6.07) is 6.42. The smallest absolute Gasteiger partial charge is 0.161 e. The molecule has 2 rings (SSSR count). The largest absolute Gasteiger partial charge is 0.490 e. The third-order valence-corrected chi connectivity index (χ3v) is 2.80. The summed E-state index contributed by atoms with van der Waals surface area (Å²) in [5, 5.41) is 3.16. The van der Waals surface area contributed by atoms with Crippen LogP contribution in [-0.4, -0.2) is 26.3 Å². The fourth-order valence-corrected chi connectivity index (χ4v) is 1.64. The highest BCUT2D eigenvalue weighted by Gasteiger charge is 2.09. The lowest BCUT2D eigenvalue weighted by atomic mass is 10.1. The van der Waals surface area contributed by atoms with Crippen LogP contribution in [-0.2, 0) is 0 Å². The zero-order valence-electron chi connectivity index (χ0n) is 10.4. The molecule has 1 aromatic rings. The zero-order chi connectivity index (χ0) is 12.1. The Balaban J connectivity index is 2.15. The van der Waals surface area contributed by atoms with E-state index in [1.165, 1.54) is 0 Å². The van der Waals surface area contributed by atoms with Crippen LogP contribution in [0.4, 0.5) is 0 Å². The molecule has 0 amide bonds. The van der Waals surface area contributed by atoms with Crippen LogP contribution in [0.2, 0.25) is 0 Å². The lowest BCUT2D eigenvalue weighted by Crippen LogP contribution is -2.17. The zero-order valence-corrected chi connectivity index (χ0v) is 10.4. The summed E-state index contributed by atoms with van der Waals surface area (Å²) in [7, 11) is 1.95. The van der Waals surface area contributed by atoms with E-state index in [4.69, 9.17) is 9.47 Å². The Bertz CT molecular complexity index is 401. The Kier molecular flexibility index (Phi) is 4.04. The highest BCUT2D eigenvalue weighted by molar-refractivity contribution is 5.56. The van der Waals surface area contributed by atoms with Crippen LogP contribution in [0.3, 0.4) is 0 Å². The molecule has 0 fully saturated rings. The lowest BCUT2D eigenvalue weighted by molar-refractivity contribution is 0.297. The Labute approximate surface area is 102 Å². The number of fused-ring (bicyclic) bond motifs is 1. The van der Waals surface area contributed by atoms with Crippen LogP contribution in [0.5, 0.6) is 11.5 Å². The molecule has 0 saturated heterocycles. The van der Waals surface area contributed by atoms with Crippen molar-refractivity contribution in [2.24, 2.45) is 0 Å². The van der Waals surface area contributed by atoms with Gasteiger partial charge in [-0.05, 0) is 31.7 Å². The number of nitrogens with one attached hydrogen (secondary N) is 1. The molecule has 0 aromatic heterocycles. The van der Waals surface area contributed by atoms with Gasteiger partial charge in [0.25, 0.3) is 0 Å². The molecule has 1 aromatic carbocycles. The summed E-state index contributed by atoms with van der Waals surface area (Å²) in [6.07, 6.45) is 5.16. The van der Waals surface area contributed by atoms with Gasteiger partial charge >= 0.3 is 0 Å². The molecule has 0 saturated carbocycles. The molecule has 3 heteroatoms. The normalized spacial score (nSPS) is 16.8. The number of hydrogen-bond donors (Lipinski definition) is 1. The summed E-state index contributed by atoms with van der Waals surface area (Å²) < 4.78 is 11.2. The van der Waals surface area contributed by atoms with Crippen molar-refractivity contribution in [1.29, 1.82) is 0 Å². The second-order valence-corrected chi connectivity index (χ2v) is 4.19. The lowest BCUT2D eigenvalue weighted by Gasteiger charge is -2.08. The number of benzene rings is 1. The Morgan fingerprint density at radius 2 is 2.00 bits per heavy atom. The van der Waals surface area contributed by atoms with Crippen molar-refractivity contribution in [3.63, 3.8) is 0 Å². The molecule has 3 nitrogen and oxygen atoms in total. The van der Waals surface area contributed by atoms with Crippen LogP contribution in [0.15, 0.2) is 24.3 Å². The van der Waals surface area contributed by atoms with E-state index in [2.05, 4.69) is 24.4 Å². The van der Waals surface area contributed by atoms with Crippen LogP contribution in [0.25, 0.3) is 6.08 Å². The van der Waals surface area contributed by atoms with E-state index in [0.29, 0.717) is 6.04 Å². The predicted octanol–water partition coefficient (Wildman–Crippen LogP) is 2.47. The van der Waals surface area contributed by atoms with Gasteiger partial charge in [-0.3, -0.25) is 0 Å². The van der Waals surface area contributed by atoms with Crippen molar-refractivity contribution < 1.29 is 9.47 Å². The molecular weight excluding hydrogens is 214 g/mol. The van der Waals surface area contributed by atoms with Crippen molar-refractivity contribution in [3.8, 4) is 11.5 Å². The van der Waals surface area contributed by atoms with Crippen LogP contribution < -0.4 is 14.8 Å². The molecule has 92 valence electrons. The first kappa shape index (κ1) is 12.0. The Morgan fingerprint density at radius 1 is 1.24 bits per heavy atom. The van der Waals surface area contributed by atoms with E-state index >= 15 is 0 Å². The Morgan fingerprint density at radius 3 is 2.76 bits per heavy atom. The first-order valence-corrected chi connectivity index (χ1v) is 6.04. The van der Waals surface area contributed by atoms with Gasteiger partial charge in [-0.2, -0.15) is 0 Å². The molecular formula is C14H19NO2. The van der Waals surface area contributed by atoms with Gasteiger partial charge in [0.2, 0.25) is 0 Å².